The van der Waals surface area contributed by atoms with Crippen LogP contribution in [-0.4, -0.2) is 9.97 Å². The number of halogens is 1. The van der Waals surface area contributed by atoms with Crippen LogP contribution < -0.4 is 5.32 Å². The summed E-state index contributed by atoms with van der Waals surface area (Å²) in [5.74, 6) is 0.448. The predicted octanol–water partition coefficient (Wildman–Crippen LogP) is 2.57. The third-order valence-corrected chi connectivity index (χ3v) is 2.69. The number of nitrogens with one attached hydrogen (secondary N) is 1. The zero-order valence-electron chi connectivity index (χ0n) is 9.05. The summed E-state index contributed by atoms with van der Waals surface area (Å²) in [6, 6.07) is 8.84. The number of nitrogens with zero attached hydrogens (tertiary/aromatic N) is 4. The van der Waals surface area contributed by atoms with Crippen molar-refractivity contribution in [2.24, 2.45) is 0 Å². The van der Waals surface area contributed by atoms with Crippen LogP contribution in [0.4, 0.5) is 11.6 Å². The van der Waals surface area contributed by atoms with Crippen molar-refractivity contribution in [1.29, 1.82) is 10.5 Å². The molecule has 0 aliphatic heterocycles. The van der Waals surface area contributed by atoms with Crippen LogP contribution in [0.2, 0.25) is 0 Å². The molecule has 0 aliphatic rings. The molecule has 0 atom stereocenters. The van der Waals surface area contributed by atoms with Crippen molar-refractivity contribution in [3.8, 4) is 12.1 Å². The van der Waals surface area contributed by atoms with Crippen LogP contribution >= 0.6 is 22.6 Å². The largest absolute Gasteiger partial charge is 0.324 e. The van der Waals surface area contributed by atoms with Crippen LogP contribution in [0.3, 0.4) is 0 Å². The zero-order valence-corrected chi connectivity index (χ0v) is 11.2. The molecule has 18 heavy (non-hydrogen) atoms. The minimum absolute atomic E-state index is 0.327. The Labute approximate surface area is 117 Å². The number of benzene rings is 1. The summed E-state index contributed by atoms with van der Waals surface area (Å²) in [4.78, 5) is 8.19. The van der Waals surface area contributed by atoms with Crippen molar-refractivity contribution in [2.75, 3.05) is 5.32 Å². The maximum Gasteiger partial charge on any atom is 0.227 e. The molecule has 1 aromatic carbocycles. The van der Waals surface area contributed by atoms with Crippen LogP contribution in [0, 0.1) is 26.2 Å². The van der Waals surface area contributed by atoms with Crippen molar-refractivity contribution in [1.82, 2.24) is 9.97 Å². The average Bonchev–Trinajstić information content (AvgIpc) is 2.41. The van der Waals surface area contributed by atoms with Crippen LogP contribution in [0.25, 0.3) is 0 Å². The molecule has 0 fully saturated rings. The smallest absolute Gasteiger partial charge is 0.227 e. The molecule has 0 aliphatic carbocycles. The first-order valence-electron chi connectivity index (χ1n) is 4.92. The van der Waals surface area contributed by atoms with E-state index in [1.165, 1.54) is 0 Å². The van der Waals surface area contributed by atoms with Gasteiger partial charge in [0.15, 0.2) is 0 Å². The van der Waals surface area contributed by atoms with E-state index < -0.39 is 0 Å². The van der Waals surface area contributed by atoms with Crippen molar-refractivity contribution >= 4 is 34.2 Å². The van der Waals surface area contributed by atoms with Crippen molar-refractivity contribution in [3.63, 3.8) is 0 Å². The number of hydrogen-bond donors (Lipinski definition) is 1. The monoisotopic (exact) mass is 347 g/mol. The fourth-order valence-corrected chi connectivity index (χ4v) is 1.60. The highest BCUT2D eigenvalue weighted by Gasteiger charge is 2.04. The molecule has 1 N–H and O–H groups in total. The molecule has 5 nitrogen and oxygen atoms in total. The van der Waals surface area contributed by atoms with Gasteiger partial charge in [0.05, 0.1) is 11.1 Å². The Morgan fingerprint density at radius 1 is 1.06 bits per heavy atom. The molecule has 0 unspecified atom stereocenters. The second kappa shape index (κ2) is 5.43. The van der Waals surface area contributed by atoms with Gasteiger partial charge < -0.3 is 5.32 Å². The lowest BCUT2D eigenvalue weighted by atomic mass is 10.1. The first-order valence-corrected chi connectivity index (χ1v) is 5.99. The molecular formula is C12H6IN5. The van der Waals surface area contributed by atoms with Crippen LogP contribution in [0.15, 0.2) is 30.6 Å². The van der Waals surface area contributed by atoms with Crippen LogP contribution in [0.1, 0.15) is 11.1 Å². The molecule has 1 aromatic heterocycles. The SMILES string of the molecule is N#Cc1ccc(Nc2ncc(I)cn2)cc1C#N. The molecule has 0 saturated carbocycles. The second-order valence-corrected chi connectivity index (χ2v) is 4.58. The average molecular weight is 347 g/mol. The lowest BCUT2D eigenvalue weighted by Gasteiger charge is -2.05. The predicted molar refractivity (Wildman–Crippen MR) is 73.9 cm³/mol. The highest BCUT2D eigenvalue weighted by Crippen LogP contribution is 2.17. The third kappa shape index (κ3) is 2.73. The minimum atomic E-state index is 0.327. The molecule has 2 rings (SSSR count). The first-order chi connectivity index (χ1) is 8.72. The van der Waals surface area contributed by atoms with E-state index in [-0.39, 0.29) is 0 Å². The van der Waals surface area contributed by atoms with E-state index in [2.05, 4.69) is 37.9 Å². The van der Waals surface area contributed by atoms with Crippen LogP contribution in [0.5, 0.6) is 0 Å². The second-order valence-electron chi connectivity index (χ2n) is 3.33. The number of nitriles is 2. The fourth-order valence-electron chi connectivity index (χ4n) is 1.32. The molecule has 0 amide bonds. The first kappa shape index (κ1) is 12.3. The normalized spacial score (nSPS) is 9.28. The summed E-state index contributed by atoms with van der Waals surface area (Å²) in [6.07, 6.45) is 3.37. The van der Waals surface area contributed by atoms with E-state index in [1.54, 1.807) is 30.6 Å². The molecular weight excluding hydrogens is 341 g/mol. The van der Waals surface area contributed by atoms with Crippen molar-refractivity contribution in [2.45, 2.75) is 0 Å². The molecule has 0 saturated heterocycles. The maximum absolute atomic E-state index is 8.92. The fraction of sp³-hybridized carbons (Fsp3) is 0. The molecule has 6 heteroatoms. The summed E-state index contributed by atoms with van der Waals surface area (Å²) in [7, 11) is 0. The van der Waals surface area contributed by atoms with Crippen molar-refractivity contribution < 1.29 is 0 Å². The summed E-state index contributed by atoms with van der Waals surface area (Å²) < 4.78 is 0.940. The van der Waals surface area contributed by atoms with E-state index in [0.717, 1.165) is 3.57 Å². The number of hydrogen-bond acceptors (Lipinski definition) is 5. The van der Waals surface area contributed by atoms with Gasteiger partial charge in [-0.3, -0.25) is 0 Å². The quantitative estimate of drug-likeness (QED) is 0.844. The minimum Gasteiger partial charge on any atom is -0.324 e. The van der Waals surface area contributed by atoms with Gasteiger partial charge in [-0.25, -0.2) is 9.97 Å². The van der Waals surface area contributed by atoms with E-state index in [9.17, 15) is 0 Å². The van der Waals surface area contributed by atoms with Gasteiger partial charge in [0.2, 0.25) is 5.95 Å². The van der Waals surface area contributed by atoms with Gasteiger partial charge in [0.25, 0.3) is 0 Å². The molecule has 86 valence electrons. The van der Waals surface area contributed by atoms with E-state index in [1.807, 2.05) is 12.1 Å². The van der Waals surface area contributed by atoms with Gasteiger partial charge in [-0.15, -0.1) is 0 Å². The van der Waals surface area contributed by atoms with Gasteiger partial charge in [-0.2, -0.15) is 10.5 Å². The van der Waals surface area contributed by atoms with Gasteiger partial charge in [-0.1, -0.05) is 0 Å². The molecule has 0 bridgehead atoms. The molecule has 0 spiro atoms. The zero-order chi connectivity index (χ0) is 13.0. The summed E-state index contributed by atoms with van der Waals surface area (Å²) >= 11 is 2.12. The Balaban J connectivity index is 2.28. The van der Waals surface area contributed by atoms with Gasteiger partial charge in [0, 0.05) is 21.7 Å². The number of aromatic nitrogens is 2. The highest BCUT2D eigenvalue weighted by atomic mass is 127. The topological polar surface area (TPSA) is 85.4 Å². The Morgan fingerprint density at radius 3 is 2.33 bits per heavy atom. The molecule has 0 radical (unpaired) electrons. The van der Waals surface area contributed by atoms with Crippen molar-refractivity contribution in [3.05, 3.63) is 45.3 Å². The summed E-state index contributed by atoms with van der Waals surface area (Å²) in [5, 5.41) is 20.7. The Morgan fingerprint density at radius 2 is 1.72 bits per heavy atom. The summed E-state index contributed by atoms with van der Waals surface area (Å²) in [6.45, 7) is 0. The summed E-state index contributed by atoms with van der Waals surface area (Å²) in [5.41, 5.74) is 1.35. The molecule has 2 aromatic rings. The molecule has 1 heterocycles. The van der Waals surface area contributed by atoms with Gasteiger partial charge in [-0.05, 0) is 40.8 Å². The van der Waals surface area contributed by atoms with Crippen LogP contribution in [-0.2, 0) is 0 Å². The lowest BCUT2D eigenvalue weighted by molar-refractivity contribution is 1.15. The van der Waals surface area contributed by atoms with E-state index in [4.69, 9.17) is 10.5 Å². The Bertz CT molecular complexity index is 652. The lowest BCUT2D eigenvalue weighted by Crippen LogP contribution is -1.97. The standard InChI is InChI=1S/C12H6IN5/c13-10-6-16-12(17-7-10)18-11-2-1-8(4-14)9(3-11)5-15/h1-3,6-7H,(H,16,17,18). The van der Waals surface area contributed by atoms with Gasteiger partial charge >= 0.3 is 0 Å². The highest BCUT2D eigenvalue weighted by molar-refractivity contribution is 14.1. The van der Waals surface area contributed by atoms with E-state index >= 15 is 0 Å². The van der Waals surface area contributed by atoms with E-state index in [0.29, 0.717) is 22.8 Å². The third-order valence-electron chi connectivity index (χ3n) is 2.14. The number of rotatable bonds is 2. The van der Waals surface area contributed by atoms with Gasteiger partial charge in [0.1, 0.15) is 12.1 Å². The Kier molecular flexibility index (Phi) is 3.70. The Hall–Kier alpha value is -2.19. The number of anilines is 2. The maximum atomic E-state index is 8.92.